The molecule has 0 bridgehead atoms. The summed E-state index contributed by atoms with van der Waals surface area (Å²) in [7, 11) is 0. The van der Waals surface area contributed by atoms with Crippen LogP contribution < -0.4 is 24.8 Å². The van der Waals surface area contributed by atoms with Crippen LogP contribution in [0.1, 0.15) is 13.3 Å². The Labute approximate surface area is 97.2 Å². The second kappa shape index (κ2) is 13.4. The summed E-state index contributed by atoms with van der Waals surface area (Å²) in [6, 6.07) is 0. The van der Waals surface area contributed by atoms with Crippen molar-refractivity contribution in [3.05, 3.63) is 31.7 Å². The predicted molar refractivity (Wildman–Crippen MR) is 37.1 cm³/mol. The fraction of sp³-hybridized carbons (Fsp3) is 0.375. The molecule has 0 radical (unpaired) electrons. The first kappa shape index (κ1) is 22.6. The van der Waals surface area contributed by atoms with Crippen molar-refractivity contribution in [2.45, 2.75) is 13.3 Å². The van der Waals surface area contributed by atoms with E-state index >= 15 is 0 Å². The van der Waals surface area contributed by atoms with Gasteiger partial charge in [-0.2, -0.15) is 6.08 Å². The predicted octanol–water partition coefficient (Wildman–Crippen LogP) is -3.60. The molecule has 1 aliphatic rings. The van der Waals surface area contributed by atoms with E-state index in [-0.39, 0.29) is 54.0 Å². The van der Waals surface area contributed by atoms with Gasteiger partial charge in [-0.15, -0.1) is 0 Å². The molecule has 11 heavy (non-hydrogen) atoms. The van der Waals surface area contributed by atoms with E-state index in [0.717, 1.165) is 0 Å². The molecule has 0 aromatic carbocycles. The van der Waals surface area contributed by atoms with Crippen LogP contribution in [0, 0.1) is 19.4 Å². The summed E-state index contributed by atoms with van der Waals surface area (Å²) in [5.41, 5.74) is 0. The van der Waals surface area contributed by atoms with Crippen LogP contribution in [0.4, 0.5) is 0 Å². The van der Waals surface area contributed by atoms with Crippen LogP contribution in [0.25, 0.3) is 0 Å². The minimum Gasteiger partial charge on any atom is -1.00 e. The van der Waals surface area contributed by atoms with Crippen molar-refractivity contribution in [1.29, 1.82) is 0 Å². The molecule has 0 fully saturated rings. The maximum Gasteiger partial charge on any atom is 4.00 e. The zero-order valence-corrected chi connectivity index (χ0v) is 9.85. The Hall–Kier alpha value is 0.774. The van der Waals surface area contributed by atoms with E-state index in [0.29, 0.717) is 5.92 Å². The molecule has 0 saturated heterocycles. The van der Waals surface area contributed by atoms with Gasteiger partial charge >= 0.3 is 21.7 Å². The molecule has 3 heteroatoms. The molecule has 0 saturated carbocycles. The first-order valence-electron chi connectivity index (χ1n) is 2.69. The van der Waals surface area contributed by atoms with Gasteiger partial charge in [-0.05, 0) is 0 Å². The average Bonchev–Trinajstić information content (AvgIpc) is 2.14. The van der Waals surface area contributed by atoms with E-state index in [1.807, 2.05) is 12.2 Å². The van der Waals surface area contributed by atoms with Crippen LogP contribution in [0.15, 0.2) is 18.2 Å². The summed E-state index contributed by atoms with van der Waals surface area (Å²) in [4.78, 5) is 0. The Morgan fingerprint density at radius 3 is 2.09 bits per heavy atom. The summed E-state index contributed by atoms with van der Waals surface area (Å²) in [5, 5.41) is 0. The van der Waals surface area contributed by atoms with E-state index in [4.69, 9.17) is 0 Å². The summed E-state index contributed by atoms with van der Waals surface area (Å²) in [6.45, 7) is 2.17. The largest absolute Gasteiger partial charge is 4.00 e. The SMILES string of the molecule is CCC1[C-]=CC=C1.[CH3-].[Cl-].[Cl-].[Ti+4]. The molecule has 0 spiro atoms. The molecule has 1 unspecified atom stereocenters. The zero-order chi connectivity index (χ0) is 5.11. The Kier molecular flexibility index (Phi) is 27.5. The molecule has 0 aromatic rings. The molecule has 62 valence electrons. The molecule has 1 atom stereocenters. The van der Waals surface area contributed by atoms with Crippen LogP contribution in [-0.4, -0.2) is 0 Å². The Morgan fingerprint density at radius 2 is 1.91 bits per heavy atom. The number of halogens is 2. The van der Waals surface area contributed by atoms with Gasteiger partial charge < -0.3 is 32.2 Å². The summed E-state index contributed by atoms with van der Waals surface area (Å²) >= 11 is 0. The van der Waals surface area contributed by atoms with Gasteiger partial charge in [0.15, 0.2) is 0 Å². The number of hydrogen-bond acceptors (Lipinski definition) is 0. The van der Waals surface area contributed by atoms with E-state index in [1.54, 1.807) is 0 Å². The third-order valence-electron chi connectivity index (χ3n) is 1.19. The van der Waals surface area contributed by atoms with Crippen molar-refractivity contribution in [2.75, 3.05) is 0 Å². The van der Waals surface area contributed by atoms with Crippen LogP contribution in [-0.2, 0) is 21.7 Å². The van der Waals surface area contributed by atoms with Gasteiger partial charge in [0, 0.05) is 0 Å². The van der Waals surface area contributed by atoms with Crippen molar-refractivity contribution in [3.63, 3.8) is 0 Å². The van der Waals surface area contributed by atoms with Crippen LogP contribution in [0.3, 0.4) is 0 Å². The fourth-order valence-electron chi connectivity index (χ4n) is 0.678. The minimum atomic E-state index is 0. The minimum absolute atomic E-state index is 0. The van der Waals surface area contributed by atoms with Gasteiger partial charge in [0.1, 0.15) is 0 Å². The number of rotatable bonds is 1. The van der Waals surface area contributed by atoms with Gasteiger partial charge in [-0.25, -0.2) is 12.2 Å². The van der Waals surface area contributed by atoms with E-state index in [2.05, 4.69) is 19.1 Å². The molecule has 0 amide bonds. The summed E-state index contributed by atoms with van der Waals surface area (Å²) in [5.74, 6) is 0.611. The third-order valence-corrected chi connectivity index (χ3v) is 1.19. The van der Waals surface area contributed by atoms with Crippen LogP contribution >= 0.6 is 0 Å². The van der Waals surface area contributed by atoms with Crippen molar-refractivity contribution in [2.24, 2.45) is 5.92 Å². The van der Waals surface area contributed by atoms with Crippen molar-refractivity contribution >= 4 is 0 Å². The first-order chi connectivity index (χ1) is 3.43. The molecule has 0 aromatic heterocycles. The maximum atomic E-state index is 3.17. The first-order valence-corrected chi connectivity index (χ1v) is 2.69. The Morgan fingerprint density at radius 1 is 1.36 bits per heavy atom. The molecular formula is C8H12Cl2Ti. The van der Waals surface area contributed by atoms with E-state index in [1.165, 1.54) is 6.42 Å². The molecule has 0 nitrogen and oxygen atoms in total. The fourth-order valence-corrected chi connectivity index (χ4v) is 0.678. The Balaban J connectivity index is -0.0000000612. The van der Waals surface area contributed by atoms with E-state index < -0.39 is 0 Å². The molecule has 1 aliphatic carbocycles. The van der Waals surface area contributed by atoms with Crippen molar-refractivity contribution in [3.8, 4) is 0 Å². The average molecular weight is 227 g/mol. The second-order valence-corrected chi connectivity index (χ2v) is 1.73. The summed E-state index contributed by atoms with van der Waals surface area (Å²) < 4.78 is 0. The molecule has 0 N–H and O–H groups in total. The van der Waals surface area contributed by atoms with Gasteiger partial charge in [0.05, 0.1) is 0 Å². The monoisotopic (exact) mass is 226 g/mol. The summed E-state index contributed by atoms with van der Waals surface area (Å²) in [6.07, 6.45) is 10.6. The van der Waals surface area contributed by atoms with Crippen LogP contribution in [0.2, 0.25) is 0 Å². The molecular weight excluding hydrogens is 215 g/mol. The normalized spacial score (nSPS) is 17.0. The molecule has 0 heterocycles. The van der Waals surface area contributed by atoms with E-state index in [9.17, 15) is 0 Å². The van der Waals surface area contributed by atoms with Gasteiger partial charge in [-0.1, -0.05) is 19.3 Å². The van der Waals surface area contributed by atoms with Crippen molar-refractivity contribution in [1.82, 2.24) is 0 Å². The van der Waals surface area contributed by atoms with Crippen LogP contribution in [0.5, 0.6) is 0 Å². The Bertz CT molecular complexity index is 98.7. The number of allylic oxidation sites excluding steroid dienone is 4. The standard InChI is InChI=1S/C7H9.CH3.2ClH.Ti/c1-2-7-5-3-4-6-7;;;;/h3-5,7H,2H2,1H3;1H3;2*1H;/q2*-1;;;+4/p-2. The van der Waals surface area contributed by atoms with Gasteiger partial charge in [0.2, 0.25) is 0 Å². The third kappa shape index (κ3) is 8.68. The second-order valence-electron chi connectivity index (χ2n) is 1.73. The topological polar surface area (TPSA) is 0 Å². The number of hydrogen-bond donors (Lipinski definition) is 0. The van der Waals surface area contributed by atoms with Gasteiger partial charge in [-0.3, -0.25) is 6.08 Å². The maximum absolute atomic E-state index is 3.17. The van der Waals surface area contributed by atoms with Gasteiger partial charge in [0.25, 0.3) is 0 Å². The van der Waals surface area contributed by atoms with Crippen molar-refractivity contribution < 1.29 is 46.5 Å². The molecule has 1 rings (SSSR count). The molecule has 0 aliphatic heterocycles. The smallest absolute Gasteiger partial charge is 1.00 e. The quantitative estimate of drug-likeness (QED) is 0.320. The zero-order valence-electron chi connectivity index (χ0n) is 6.77.